The fourth-order valence-electron chi connectivity index (χ4n) is 2.81. The summed E-state index contributed by atoms with van der Waals surface area (Å²) in [5.74, 6) is 0.978. The highest BCUT2D eigenvalue weighted by molar-refractivity contribution is 6.31. The standard InChI is InChI=1S/C21H28ClFN2O2.2ClH/c1-4-25(5-2)12-11-24-14-16-7-6-8-20(26-3)21(16)27-15-17-9-10-18(23)13-19(17)22;;/h6-10,13,24H,4-5,11-12,14-15H2,1-3H3;2*1H. The Labute approximate surface area is 190 Å². The van der Waals surface area contributed by atoms with E-state index in [9.17, 15) is 4.39 Å². The van der Waals surface area contributed by atoms with Crippen molar-refractivity contribution >= 4 is 36.4 Å². The van der Waals surface area contributed by atoms with Crippen LogP contribution in [0.2, 0.25) is 5.02 Å². The predicted molar refractivity (Wildman–Crippen MR) is 123 cm³/mol. The van der Waals surface area contributed by atoms with Gasteiger partial charge in [-0.25, -0.2) is 4.39 Å². The van der Waals surface area contributed by atoms with Crippen molar-refractivity contribution in [2.24, 2.45) is 0 Å². The lowest BCUT2D eigenvalue weighted by molar-refractivity contribution is 0.279. The average molecular weight is 468 g/mol. The molecule has 0 fully saturated rings. The summed E-state index contributed by atoms with van der Waals surface area (Å²) in [6, 6.07) is 10.1. The Balaban J connectivity index is 0.00000392. The normalized spacial score (nSPS) is 10.3. The molecule has 0 radical (unpaired) electrons. The van der Waals surface area contributed by atoms with E-state index in [4.69, 9.17) is 21.1 Å². The van der Waals surface area contributed by atoms with Gasteiger partial charge in [0.25, 0.3) is 0 Å². The third-order valence-electron chi connectivity index (χ3n) is 4.48. The number of para-hydroxylation sites is 1. The number of likely N-dealkylation sites (N-methyl/N-ethyl adjacent to an activating group) is 1. The van der Waals surface area contributed by atoms with Gasteiger partial charge in [-0.05, 0) is 31.3 Å². The van der Waals surface area contributed by atoms with Crippen molar-refractivity contribution in [3.8, 4) is 11.5 Å². The van der Waals surface area contributed by atoms with Crippen molar-refractivity contribution in [1.29, 1.82) is 0 Å². The van der Waals surface area contributed by atoms with Crippen LogP contribution in [0.3, 0.4) is 0 Å². The van der Waals surface area contributed by atoms with Crippen LogP contribution in [0.25, 0.3) is 0 Å². The molecule has 0 aromatic heterocycles. The Hall–Kier alpha value is -1.24. The molecule has 29 heavy (non-hydrogen) atoms. The summed E-state index contributed by atoms with van der Waals surface area (Å²) in [6.45, 7) is 9.22. The Morgan fingerprint density at radius 2 is 1.79 bits per heavy atom. The molecule has 0 aliphatic rings. The maximum Gasteiger partial charge on any atom is 0.166 e. The molecule has 0 aliphatic carbocycles. The first-order chi connectivity index (χ1) is 13.1. The number of hydrogen-bond donors (Lipinski definition) is 1. The molecule has 0 spiro atoms. The van der Waals surface area contributed by atoms with Crippen molar-refractivity contribution in [1.82, 2.24) is 10.2 Å². The van der Waals surface area contributed by atoms with Gasteiger partial charge in [0.05, 0.1) is 12.1 Å². The van der Waals surface area contributed by atoms with E-state index in [0.29, 0.717) is 23.1 Å². The first kappa shape index (κ1) is 27.8. The lowest BCUT2D eigenvalue weighted by atomic mass is 10.1. The van der Waals surface area contributed by atoms with E-state index in [2.05, 4.69) is 24.1 Å². The minimum atomic E-state index is -0.362. The zero-order valence-corrected chi connectivity index (χ0v) is 19.4. The average Bonchev–Trinajstić information content (AvgIpc) is 2.67. The van der Waals surface area contributed by atoms with Crippen molar-refractivity contribution in [2.45, 2.75) is 27.0 Å². The second kappa shape index (κ2) is 14.7. The zero-order chi connectivity index (χ0) is 19.6. The number of rotatable bonds is 11. The van der Waals surface area contributed by atoms with Crippen molar-refractivity contribution < 1.29 is 13.9 Å². The Morgan fingerprint density at radius 3 is 2.41 bits per heavy atom. The molecule has 0 heterocycles. The van der Waals surface area contributed by atoms with Crippen LogP contribution in [0.15, 0.2) is 36.4 Å². The van der Waals surface area contributed by atoms with E-state index in [1.807, 2.05) is 18.2 Å². The summed E-state index contributed by atoms with van der Waals surface area (Å²) < 4.78 is 24.7. The first-order valence-electron chi connectivity index (χ1n) is 9.24. The molecule has 0 amide bonds. The number of benzene rings is 2. The van der Waals surface area contributed by atoms with E-state index >= 15 is 0 Å². The Morgan fingerprint density at radius 1 is 1.07 bits per heavy atom. The highest BCUT2D eigenvalue weighted by atomic mass is 35.5. The maximum atomic E-state index is 13.2. The highest BCUT2D eigenvalue weighted by Crippen LogP contribution is 2.32. The number of halogens is 4. The van der Waals surface area contributed by atoms with E-state index in [1.54, 1.807) is 13.2 Å². The van der Waals surface area contributed by atoms with Crippen LogP contribution >= 0.6 is 36.4 Å². The van der Waals surface area contributed by atoms with Crippen LogP contribution < -0.4 is 14.8 Å². The Bertz CT molecular complexity index is 731. The zero-order valence-electron chi connectivity index (χ0n) is 17.0. The molecule has 0 saturated carbocycles. The molecule has 2 aromatic carbocycles. The summed E-state index contributed by atoms with van der Waals surface area (Å²) in [7, 11) is 1.62. The van der Waals surface area contributed by atoms with Crippen LogP contribution in [-0.2, 0) is 13.2 Å². The number of methoxy groups -OCH3 is 1. The van der Waals surface area contributed by atoms with E-state index in [-0.39, 0.29) is 37.2 Å². The van der Waals surface area contributed by atoms with Gasteiger partial charge in [0.15, 0.2) is 11.5 Å². The van der Waals surface area contributed by atoms with Crippen LogP contribution in [-0.4, -0.2) is 38.2 Å². The van der Waals surface area contributed by atoms with Crippen LogP contribution in [0, 0.1) is 5.82 Å². The second-order valence-corrected chi connectivity index (χ2v) is 6.58. The number of nitrogens with one attached hydrogen (secondary N) is 1. The number of hydrogen-bond acceptors (Lipinski definition) is 4. The summed E-state index contributed by atoms with van der Waals surface area (Å²) in [5, 5.41) is 3.81. The third kappa shape index (κ3) is 8.57. The molecule has 4 nitrogen and oxygen atoms in total. The van der Waals surface area contributed by atoms with Gasteiger partial charge in [0.2, 0.25) is 0 Å². The SMILES string of the molecule is CCN(CC)CCNCc1cccc(OC)c1OCc1ccc(F)cc1Cl.Cl.Cl. The van der Waals surface area contributed by atoms with Gasteiger partial charge in [0.1, 0.15) is 12.4 Å². The second-order valence-electron chi connectivity index (χ2n) is 6.18. The molecule has 0 bridgehead atoms. The van der Waals surface area contributed by atoms with Gasteiger partial charge in [-0.2, -0.15) is 0 Å². The number of nitrogens with zero attached hydrogens (tertiary/aromatic N) is 1. The van der Waals surface area contributed by atoms with Crippen LogP contribution in [0.4, 0.5) is 4.39 Å². The molecule has 2 aromatic rings. The fourth-order valence-corrected chi connectivity index (χ4v) is 3.04. The summed E-state index contributed by atoms with van der Waals surface area (Å²) in [5.41, 5.74) is 1.73. The van der Waals surface area contributed by atoms with Gasteiger partial charge in [0, 0.05) is 30.8 Å². The van der Waals surface area contributed by atoms with Gasteiger partial charge in [-0.3, -0.25) is 0 Å². The lowest BCUT2D eigenvalue weighted by Gasteiger charge is -2.19. The fraction of sp³-hybridized carbons (Fsp3) is 0.429. The van der Waals surface area contributed by atoms with Crippen molar-refractivity contribution in [3.05, 3.63) is 58.4 Å². The monoisotopic (exact) mass is 466 g/mol. The molecule has 2 rings (SSSR count). The molecular formula is C21H30Cl3FN2O2. The van der Waals surface area contributed by atoms with Gasteiger partial charge in [-0.1, -0.05) is 43.6 Å². The molecular weight excluding hydrogens is 438 g/mol. The molecule has 164 valence electrons. The molecule has 0 atom stereocenters. The largest absolute Gasteiger partial charge is 0.493 e. The molecule has 8 heteroatoms. The lowest BCUT2D eigenvalue weighted by Crippen LogP contribution is -2.31. The van der Waals surface area contributed by atoms with Crippen molar-refractivity contribution in [3.63, 3.8) is 0 Å². The van der Waals surface area contributed by atoms with Gasteiger partial charge in [-0.15, -0.1) is 24.8 Å². The van der Waals surface area contributed by atoms with Crippen molar-refractivity contribution in [2.75, 3.05) is 33.3 Å². The van der Waals surface area contributed by atoms with Gasteiger partial charge < -0.3 is 19.7 Å². The smallest absolute Gasteiger partial charge is 0.166 e. The van der Waals surface area contributed by atoms with Crippen LogP contribution in [0.5, 0.6) is 11.5 Å². The summed E-state index contributed by atoms with van der Waals surface area (Å²) >= 11 is 6.10. The number of ether oxygens (including phenoxy) is 2. The highest BCUT2D eigenvalue weighted by Gasteiger charge is 2.12. The molecule has 0 saturated heterocycles. The topological polar surface area (TPSA) is 33.7 Å². The molecule has 0 unspecified atom stereocenters. The minimum absolute atomic E-state index is 0. The maximum absolute atomic E-state index is 13.2. The first-order valence-corrected chi connectivity index (χ1v) is 9.62. The van der Waals surface area contributed by atoms with E-state index < -0.39 is 0 Å². The summed E-state index contributed by atoms with van der Waals surface area (Å²) in [6.07, 6.45) is 0. The van der Waals surface area contributed by atoms with Gasteiger partial charge >= 0.3 is 0 Å². The summed E-state index contributed by atoms with van der Waals surface area (Å²) in [4.78, 5) is 2.37. The Kier molecular flexibility index (Phi) is 14.1. The third-order valence-corrected chi connectivity index (χ3v) is 4.83. The van der Waals surface area contributed by atoms with E-state index in [0.717, 1.165) is 37.3 Å². The van der Waals surface area contributed by atoms with Crippen LogP contribution in [0.1, 0.15) is 25.0 Å². The molecule has 0 aliphatic heterocycles. The minimum Gasteiger partial charge on any atom is -0.493 e. The predicted octanol–water partition coefficient (Wildman–Crippen LogP) is 5.34. The van der Waals surface area contributed by atoms with E-state index in [1.165, 1.54) is 12.1 Å². The quantitative estimate of drug-likeness (QED) is 0.452. The molecule has 1 N–H and O–H groups in total.